The van der Waals surface area contributed by atoms with Gasteiger partial charge in [-0.2, -0.15) is 4.98 Å². The number of hydrogen-bond donors (Lipinski definition) is 2. The summed E-state index contributed by atoms with van der Waals surface area (Å²) in [6.45, 7) is 9.49. The number of aromatic nitrogens is 2. The fourth-order valence-electron chi connectivity index (χ4n) is 3.40. The number of nitrogens with zero attached hydrogens (tertiary/aromatic N) is 4. The SMILES string of the molecule is CCNC(=NCCc1nc(C(C)C)no1)NC1CCCN(c2ccccc2Cl)C1. The highest BCUT2D eigenvalue weighted by molar-refractivity contribution is 6.33. The first-order valence-electron chi connectivity index (χ1n) is 10.4. The van der Waals surface area contributed by atoms with E-state index in [2.05, 4.69) is 52.5 Å². The highest BCUT2D eigenvalue weighted by Gasteiger charge is 2.22. The summed E-state index contributed by atoms with van der Waals surface area (Å²) in [5, 5.41) is 11.7. The van der Waals surface area contributed by atoms with Crippen molar-refractivity contribution in [3.8, 4) is 0 Å². The Morgan fingerprint density at radius 3 is 2.93 bits per heavy atom. The Morgan fingerprint density at radius 2 is 2.21 bits per heavy atom. The summed E-state index contributed by atoms with van der Waals surface area (Å²) in [6, 6.07) is 8.34. The van der Waals surface area contributed by atoms with Crippen LogP contribution >= 0.6 is 11.6 Å². The summed E-state index contributed by atoms with van der Waals surface area (Å²) >= 11 is 6.39. The molecule has 1 aromatic carbocycles. The van der Waals surface area contributed by atoms with Crippen molar-refractivity contribution < 1.29 is 4.52 Å². The Bertz CT molecular complexity index is 806. The minimum absolute atomic E-state index is 0.266. The van der Waals surface area contributed by atoms with Gasteiger partial charge < -0.3 is 20.1 Å². The van der Waals surface area contributed by atoms with Gasteiger partial charge >= 0.3 is 0 Å². The van der Waals surface area contributed by atoms with Gasteiger partial charge in [0.05, 0.1) is 17.3 Å². The Balaban J connectivity index is 1.57. The molecule has 0 bridgehead atoms. The lowest BCUT2D eigenvalue weighted by molar-refractivity contribution is 0.372. The zero-order chi connectivity index (χ0) is 20.6. The molecule has 1 fully saturated rings. The number of piperidine rings is 1. The van der Waals surface area contributed by atoms with Crippen LogP contribution in [0, 0.1) is 0 Å². The second-order valence-electron chi connectivity index (χ2n) is 7.59. The van der Waals surface area contributed by atoms with Gasteiger partial charge in [-0.15, -0.1) is 0 Å². The van der Waals surface area contributed by atoms with E-state index in [1.54, 1.807) is 0 Å². The first-order valence-corrected chi connectivity index (χ1v) is 10.8. The van der Waals surface area contributed by atoms with E-state index < -0.39 is 0 Å². The number of nitrogens with one attached hydrogen (secondary N) is 2. The average Bonchev–Trinajstić information content (AvgIpc) is 3.18. The van der Waals surface area contributed by atoms with Crippen LogP contribution in [-0.2, 0) is 6.42 Å². The van der Waals surface area contributed by atoms with Crippen molar-refractivity contribution in [2.24, 2.45) is 4.99 Å². The van der Waals surface area contributed by atoms with Gasteiger partial charge in [0.2, 0.25) is 5.89 Å². The molecule has 7 nitrogen and oxygen atoms in total. The molecule has 1 saturated heterocycles. The number of guanidine groups is 1. The van der Waals surface area contributed by atoms with Crippen molar-refractivity contribution in [3.63, 3.8) is 0 Å². The van der Waals surface area contributed by atoms with E-state index in [0.29, 0.717) is 24.9 Å². The van der Waals surface area contributed by atoms with Crippen LogP contribution in [0.4, 0.5) is 5.69 Å². The monoisotopic (exact) mass is 418 g/mol. The van der Waals surface area contributed by atoms with Crippen LogP contribution < -0.4 is 15.5 Å². The van der Waals surface area contributed by atoms with E-state index in [4.69, 9.17) is 21.1 Å². The molecule has 29 heavy (non-hydrogen) atoms. The van der Waals surface area contributed by atoms with Gasteiger partial charge in [-0.1, -0.05) is 42.7 Å². The lowest BCUT2D eigenvalue weighted by atomic mass is 10.0. The minimum Gasteiger partial charge on any atom is -0.368 e. The molecule has 1 unspecified atom stereocenters. The second kappa shape index (κ2) is 10.5. The van der Waals surface area contributed by atoms with Gasteiger partial charge in [-0.05, 0) is 31.9 Å². The number of benzene rings is 1. The molecule has 2 N–H and O–H groups in total. The molecule has 0 saturated carbocycles. The van der Waals surface area contributed by atoms with Crippen LogP contribution in [0.3, 0.4) is 0 Å². The second-order valence-corrected chi connectivity index (χ2v) is 8.00. The summed E-state index contributed by atoms with van der Waals surface area (Å²) in [5.41, 5.74) is 1.10. The third-order valence-electron chi connectivity index (χ3n) is 4.90. The summed E-state index contributed by atoms with van der Waals surface area (Å²) in [7, 11) is 0. The molecule has 8 heteroatoms. The van der Waals surface area contributed by atoms with E-state index in [9.17, 15) is 0 Å². The molecule has 1 aliphatic rings. The third kappa shape index (κ3) is 6.10. The van der Waals surface area contributed by atoms with Crippen LogP contribution in [0.15, 0.2) is 33.8 Å². The predicted octanol–water partition coefficient (Wildman–Crippen LogP) is 3.61. The van der Waals surface area contributed by atoms with Crippen molar-refractivity contribution in [3.05, 3.63) is 41.0 Å². The lowest BCUT2D eigenvalue weighted by Crippen LogP contribution is -2.51. The van der Waals surface area contributed by atoms with Gasteiger partial charge in [0.15, 0.2) is 11.8 Å². The standard InChI is InChI=1S/C21H31ClN6O/c1-4-23-21(24-12-11-19-26-20(15(2)3)27-29-19)25-16-8-7-13-28(14-16)18-10-6-5-9-17(18)22/h5-6,9-10,15-16H,4,7-8,11-14H2,1-3H3,(H2,23,24,25). The summed E-state index contributed by atoms with van der Waals surface area (Å²) in [6.07, 6.45) is 2.85. The molecule has 0 amide bonds. The fourth-order valence-corrected chi connectivity index (χ4v) is 3.66. The number of para-hydroxylation sites is 1. The Morgan fingerprint density at radius 1 is 1.38 bits per heavy atom. The largest absolute Gasteiger partial charge is 0.368 e. The van der Waals surface area contributed by atoms with Crippen LogP contribution in [-0.4, -0.2) is 48.3 Å². The normalized spacial score (nSPS) is 17.6. The quantitative estimate of drug-likeness (QED) is 0.528. The van der Waals surface area contributed by atoms with Crippen molar-refractivity contribution in [1.29, 1.82) is 0 Å². The third-order valence-corrected chi connectivity index (χ3v) is 5.21. The van der Waals surface area contributed by atoms with Gasteiger partial charge in [0.25, 0.3) is 0 Å². The van der Waals surface area contributed by atoms with Crippen LogP contribution in [0.2, 0.25) is 5.02 Å². The number of anilines is 1. The Kier molecular flexibility index (Phi) is 7.75. The summed E-state index contributed by atoms with van der Waals surface area (Å²) < 4.78 is 5.30. The molecule has 2 aromatic rings. The number of halogens is 1. The fraction of sp³-hybridized carbons (Fsp3) is 0.571. The topological polar surface area (TPSA) is 78.6 Å². The molecular formula is C21H31ClN6O. The van der Waals surface area contributed by atoms with Gasteiger partial charge in [-0.25, -0.2) is 0 Å². The first kappa shape index (κ1) is 21.4. The van der Waals surface area contributed by atoms with Crippen molar-refractivity contribution >= 4 is 23.2 Å². The van der Waals surface area contributed by atoms with Gasteiger partial charge in [0.1, 0.15) is 0 Å². The molecule has 0 spiro atoms. The predicted molar refractivity (Wildman–Crippen MR) is 118 cm³/mol. The van der Waals surface area contributed by atoms with E-state index in [1.807, 2.05) is 18.2 Å². The van der Waals surface area contributed by atoms with Crippen molar-refractivity contribution in [2.75, 3.05) is 31.1 Å². The van der Waals surface area contributed by atoms with E-state index in [0.717, 1.165) is 55.0 Å². The molecule has 3 rings (SSSR count). The highest BCUT2D eigenvalue weighted by atomic mass is 35.5. The lowest BCUT2D eigenvalue weighted by Gasteiger charge is -2.35. The van der Waals surface area contributed by atoms with Crippen molar-refractivity contribution in [1.82, 2.24) is 20.8 Å². The maximum absolute atomic E-state index is 6.39. The van der Waals surface area contributed by atoms with Crippen molar-refractivity contribution in [2.45, 2.75) is 52.0 Å². The van der Waals surface area contributed by atoms with Crippen LogP contribution in [0.1, 0.15) is 51.2 Å². The molecule has 1 atom stereocenters. The smallest absolute Gasteiger partial charge is 0.228 e. The molecule has 0 aliphatic carbocycles. The van der Waals surface area contributed by atoms with Crippen LogP contribution in [0.5, 0.6) is 0 Å². The average molecular weight is 419 g/mol. The summed E-state index contributed by atoms with van der Waals surface area (Å²) in [4.78, 5) is 11.5. The van der Waals surface area contributed by atoms with E-state index >= 15 is 0 Å². The molecule has 1 aliphatic heterocycles. The minimum atomic E-state index is 0.266. The molecule has 1 aromatic heterocycles. The zero-order valence-corrected chi connectivity index (χ0v) is 18.2. The Hall–Kier alpha value is -2.28. The highest BCUT2D eigenvalue weighted by Crippen LogP contribution is 2.27. The number of aliphatic imine (C=N–C) groups is 1. The molecular weight excluding hydrogens is 388 g/mol. The van der Waals surface area contributed by atoms with Crippen LogP contribution in [0.25, 0.3) is 0 Å². The van der Waals surface area contributed by atoms with Gasteiger partial charge in [-0.3, -0.25) is 4.99 Å². The Labute approximate surface area is 177 Å². The maximum Gasteiger partial charge on any atom is 0.228 e. The van der Waals surface area contributed by atoms with E-state index in [-0.39, 0.29) is 5.92 Å². The number of hydrogen-bond acceptors (Lipinski definition) is 5. The van der Waals surface area contributed by atoms with Gasteiger partial charge in [0, 0.05) is 38.0 Å². The van der Waals surface area contributed by atoms with E-state index in [1.165, 1.54) is 0 Å². The molecule has 158 valence electrons. The molecule has 2 heterocycles. The zero-order valence-electron chi connectivity index (χ0n) is 17.5. The maximum atomic E-state index is 6.39. The summed E-state index contributed by atoms with van der Waals surface area (Å²) in [5.74, 6) is 2.47. The molecule has 0 radical (unpaired) electrons. The number of rotatable bonds is 7. The first-order chi connectivity index (χ1) is 14.1.